The molecule has 0 saturated heterocycles. The highest BCUT2D eigenvalue weighted by Crippen LogP contribution is 2.16. The summed E-state index contributed by atoms with van der Waals surface area (Å²) in [5, 5.41) is 3.31. The normalized spacial score (nSPS) is 14.1. The summed E-state index contributed by atoms with van der Waals surface area (Å²) in [6, 6.07) is 4.98. The van der Waals surface area contributed by atoms with Gasteiger partial charge in [0.25, 0.3) is 0 Å². The van der Waals surface area contributed by atoms with E-state index in [4.69, 9.17) is 0 Å². The van der Waals surface area contributed by atoms with Crippen LogP contribution in [-0.2, 0) is 12.3 Å². The minimum absolute atomic E-state index is 0. The predicted molar refractivity (Wildman–Crippen MR) is 90.8 cm³/mol. The summed E-state index contributed by atoms with van der Waals surface area (Å²) in [5.41, 5.74) is 2.19. The third-order valence-electron chi connectivity index (χ3n) is 2.96. The predicted octanol–water partition coefficient (Wildman–Crippen LogP) is 2.70. The number of rotatable bonds is 4. The van der Waals surface area contributed by atoms with Crippen LogP contribution in [-0.4, -0.2) is 37.3 Å². The quantitative estimate of drug-likeness (QED) is 0.795. The second kappa shape index (κ2) is 7.94. The summed E-state index contributed by atoms with van der Waals surface area (Å²) in [6.45, 7) is 2.50. The van der Waals surface area contributed by atoms with E-state index in [0.29, 0.717) is 6.54 Å². The van der Waals surface area contributed by atoms with Gasteiger partial charge >= 0.3 is 0 Å². The zero-order valence-corrected chi connectivity index (χ0v) is 14.3. The highest BCUT2D eigenvalue weighted by atomic mass is 127. The number of thioether (sulfide) groups is 1. The molecule has 0 saturated carbocycles. The molecule has 0 unspecified atom stereocenters. The minimum Gasteiger partial charge on any atom is -0.352 e. The molecule has 1 heterocycles. The van der Waals surface area contributed by atoms with E-state index in [0.717, 1.165) is 35.9 Å². The van der Waals surface area contributed by atoms with Crippen LogP contribution < -0.4 is 5.32 Å². The first kappa shape index (κ1) is 16.6. The molecule has 0 fully saturated rings. The fourth-order valence-electron chi connectivity index (χ4n) is 1.95. The fraction of sp³-hybridized carbons (Fsp3) is 0.462. The van der Waals surface area contributed by atoms with Gasteiger partial charge in [0.2, 0.25) is 0 Å². The summed E-state index contributed by atoms with van der Waals surface area (Å²) in [6.07, 6.45) is 2.02. The molecule has 1 aliphatic rings. The third kappa shape index (κ3) is 4.52. The Morgan fingerprint density at radius 2 is 2.21 bits per heavy atom. The molecular weight excluding hydrogens is 376 g/mol. The number of likely N-dealkylation sites (N-methyl/N-ethyl adjacent to an activating group) is 1. The van der Waals surface area contributed by atoms with E-state index < -0.39 is 0 Å². The molecule has 2 rings (SSSR count). The molecule has 0 aliphatic carbocycles. The lowest BCUT2D eigenvalue weighted by Crippen LogP contribution is -2.35. The van der Waals surface area contributed by atoms with Crippen LogP contribution in [0.25, 0.3) is 0 Å². The van der Waals surface area contributed by atoms with Gasteiger partial charge in [-0.25, -0.2) is 4.39 Å². The first-order chi connectivity index (χ1) is 8.70. The van der Waals surface area contributed by atoms with Crippen molar-refractivity contribution >= 4 is 41.7 Å². The van der Waals surface area contributed by atoms with Crippen molar-refractivity contribution in [2.24, 2.45) is 4.99 Å². The van der Waals surface area contributed by atoms with Crippen molar-refractivity contribution in [1.29, 1.82) is 0 Å². The maximum atomic E-state index is 13.2. The van der Waals surface area contributed by atoms with Gasteiger partial charge < -0.3 is 10.2 Å². The second-order valence-electron chi connectivity index (χ2n) is 4.33. The molecule has 0 aromatic heterocycles. The number of hydrogen-bond acceptors (Lipinski definition) is 4. The molecular formula is C13H19FIN3S. The van der Waals surface area contributed by atoms with Crippen molar-refractivity contribution in [1.82, 2.24) is 10.2 Å². The number of benzene rings is 1. The molecule has 0 bridgehead atoms. The number of nitrogens with zero attached hydrogens (tertiary/aromatic N) is 2. The van der Waals surface area contributed by atoms with Crippen LogP contribution in [0.5, 0.6) is 0 Å². The first-order valence-corrected chi connectivity index (χ1v) is 7.36. The van der Waals surface area contributed by atoms with Gasteiger partial charge in [0.05, 0.1) is 6.54 Å². The summed E-state index contributed by atoms with van der Waals surface area (Å²) >= 11 is 1.70. The Hall–Kier alpha value is -0.500. The van der Waals surface area contributed by atoms with Crippen LogP contribution in [0.15, 0.2) is 23.2 Å². The number of guanidine groups is 1. The molecule has 3 nitrogen and oxygen atoms in total. The van der Waals surface area contributed by atoms with E-state index in [1.165, 1.54) is 6.07 Å². The van der Waals surface area contributed by atoms with Gasteiger partial charge in [0, 0.05) is 25.9 Å². The molecule has 0 atom stereocenters. The van der Waals surface area contributed by atoms with Gasteiger partial charge in [-0.1, -0.05) is 6.07 Å². The Kier molecular flexibility index (Phi) is 6.92. The van der Waals surface area contributed by atoms with Crippen molar-refractivity contribution in [3.05, 3.63) is 35.1 Å². The largest absolute Gasteiger partial charge is 0.352 e. The molecule has 0 radical (unpaired) electrons. The Bertz CT molecular complexity index is 454. The molecule has 1 aliphatic heterocycles. The fourth-order valence-corrected chi connectivity index (χ4v) is 2.53. The van der Waals surface area contributed by atoms with Crippen LogP contribution in [0.2, 0.25) is 0 Å². The SMILES string of the molecule is CSCc1cc(F)ccc1CNC1=NCCN1C.I. The first-order valence-electron chi connectivity index (χ1n) is 5.96. The zero-order valence-electron chi connectivity index (χ0n) is 11.1. The Morgan fingerprint density at radius 3 is 2.84 bits per heavy atom. The lowest BCUT2D eigenvalue weighted by Gasteiger charge is -2.16. The van der Waals surface area contributed by atoms with Crippen LogP contribution in [0.4, 0.5) is 4.39 Å². The minimum atomic E-state index is -0.168. The average Bonchev–Trinajstić information content (AvgIpc) is 2.74. The zero-order chi connectivity index (χ0) is 13.0. The van der Waals surface area contributed by atoms with Crippen molar-refractivity contribution in [2.75, 3.05) is 26.4 Å². The highest BCUT2D eigenvalue weighted by molar-refractivity contribution is 14.0. The molecule has 1 aromatic rings. The topological polar surface area (TPSA) is 27.6 Å². The van der Waals surface area contributed by atoms with E-state index in [1.54, 1.807) is 17.8 Å². The van der Waals surface area contributed by atoms with E-state index in [2.05, 4.69) is 15.2 Å². The van der Waals surface area contributed by atoms with E-state index in [-0.39, 0.29) is 29.8 Å². The van der Waals surface area contributed by atoms with Crippen molar-refractivity contribution < 1.29 is 4.39 Å². The van der Waals surface area contributed by atoms with Crippen molar-refractivity contribution in [3.8, 4) is 0 Å². The standard InChI is InChI=1S/C13H18FN3S.HI/c1-17-6-5-15-13(17)16-8-10-3-4-12(14)7-11(10)9-18-2;/h3-4,7H,5-6,8-9H2,1-2H3,(H,15,16);1H. The maximum absolute atomic E-state index is 13.2. The van der Waals surface area contributed by atoms with E-state index in [1.807, 2.05) is 19.4 Å². The maximum Gasteiger partial charge on any atom is 0.194 e. The van der Waals surface area contributed by atoms with Crippen LogP contribution in [0.1, 0.15) is 11.1 Å². The lowest BCUT2D eigenvalue weighted by atomic mass is 10.1. The number of nitrogens with one attached hydrogen (secondary N) is 1. The lowest BCUT2D eigenvalue weighted by molar-refractivity contribution is 0.533. The van der Waals surface area contributed by atoms with Crippen molar-refractivity contribution in [3.63, 3.8) is 0 Å². The monoisotopic (exact) mass is 395 g/mol. The van der Waals surface area contributed by atoms with Gasteiger partial charge in [0.15, 0.2) is 5.96 Å². The van der Waals surface area contributed by atoms with Crippen LogP contribution in [0.3, 0.4) is 0 Å². The number of halogens is 2. The Balaban J connectivity index is 0.00000180. The van der Waals surface area contributed by atoms with E-state index >= 15 is 0 Å². The second-order valence-corrected chi connectivity index (χ2v) is 5.19. The Morgan fingerprint density at radius 1 is 1.42 bits per heavy atom. The Labute approximate surface area is 135 Å². The summed E-state index contributed by atoms with van der Waals surface area (Å²) < 4.78 is 13.2. The molecule has 19 heavy (non-hydrogen) atoms. The van der Waals surface area contributed by atoms with Gasteiger partial charge in [-0.05, 0) is 29.5 Å². The number of hydrogen-bond donors (Lipinski definition) is 1. The average molecular weight is 395 g/mol. The summed E-state index contributed by atoms with van der Waals surface area (Å²) in [4.78, 5) is 6.47. The smallest absolute Gasteiger partial charge is 0.194 e. The molecule has 106 valence electrons. The third-order valence-corrected chi connectivity index (χ3v) is 3.56. The van der Waals surface area contributed by atoms with E-state index in [9.17, 15) is 4.39 Å². The molecule has 1 N–H and O–H groups in total. The molecule has 0 amide bonds. The molecule has 1 aromatic carbocycles. The summed E-state index contributed by atoms with van der Waals surface area (Å²) in [7, 11) is 2.02. The summed E-state index contributed by atoms with van der Waals surface area (Å²) in [5.74, 6) is 1.59. The van der Waals surface area contributed by atoms with Crippen LogP contribution in [0, 0.1) is 5.82 Å². The highest BCUT2D eigenvalue weighted by Gasteiger charge is 2.12. The molecule has 0 spiro atoms. The molecule has 6 heteroatoms. The van der Waals surface area contributed by atoms with Gasteiger partial charge in [-0.3, -0.25) is 4.99 Å². The number of aliphatic imine (C=N–C) groups is 1. The van der Waals surface area contributed by atoms with Crippen molar-refractivity contribution in [2.45, 2.75) is 12.3 Å². The van der Waals surface area contributed by atoms with Gasteiger partial charge in [-0.2, -0.15) is 11.8 Å². The van der Waals surface area contributed by atoms with Gasteiger partial charge in [0.1, 0.15) is 5.82 Å². The van der Waals surface area contributed by atoms with Crippen LogP contribution >= 0.6 is 35.7 Å². The van der Waals surface area contributed by atoms with Gasteiger partial charge in [-0.15, -0.1) is 24.0 Å².